The Morgan fingerprint density at radius 2 is 1.41 bits per heavy atom. The molecule has 3 aromatic rings. The first-order valence-corrected chi connectivity index (χ1v) is 9.99. The minimum absolute atomic E-state index is 0.0186. The zero-order chi connectivity index (χ0) is 20.5. The fraction of sp³-hybridized carbons (Fsp3) is 0.364. The van der Waals surface area contributed by atoms with Gasteiger partial charge in [-0.15, -0.1) is 10.2 Å². The molecule has 1 aromatic heterocycles. The maximum Gasteiger partial charge on any atom is 0.269 e. The van der Waals surface area contributed by atoms with Crippen LogP contribution in [0.3, 0.4) is 0 Å². The highest BCUT2D eigenvalue weighted by Crippen LogP contribution is 2.26. The number of hydrogen-bond acceptors (Lipinski definition) is 6. The van der Waals surface area contributed by atoms with Crippen LogP contribution in [0, 0.1) is 10.1 Å². The summed E-state index contributed by atoms with van der Waals surface area (Å²) in [5, 5.41) is 18.8. The average Bonchev–Trinajstić information content (AvgIpc) is 3.24. The molecule has 0 aliphatic rings. The number of aromatic nitrogens is 2. The van der Waals surface area contributed by atoms with Crippen molar-refractivity contribution in [3.05, 3.63) is 58.6 Å². The second kappa shape index (κ2) is 10.4. The first kappa shape index (κ1) is 20.5. The Balaban J connectivity index is 1.53. The summed E-state index contributed by atoms with van der Waals surface area (Å²) in [5.74, 6) is 1.52. The second-order valence-electron chi connectivity index (χ2n) is 6.86. The van der Waals surface area contributed by atoms with Crippen LogP contribution in [0.4, 0.5) is 5.69 Å². The SMILES string of the molecule is CCCCCCCCOc1ccc(-c2nnc(-c3ccc([N+](=O)[O-])cc3)o2)cc1. The van der Waals surface area contributed by atoms with Crippen molar-refractivity contribution in [2.24, 2.45) is 0 Å². The Kier molecular flexibility index (Phi) is 7.33. The average molecular weight is 395 g/mol. The van der Waals surface area contributed by atoms with Crippen molar-refractivity contribution in [1.29, 1.82) is 0 Å². The standard InChI is InChI=1S/C22H25N3O4/c1-2-3-4-5-6-7-16-28-20-14-10-18(11-15-20)22-24-23-21(29-22)17-8-12-19(13-9-17)25(26)27/h8-15H,2-7,16H2,1H3. The molecule has 0 radical (unpaired) electrons. The number of unbranched alkanes of at least 4 members (excludes halogenated alkanes) is 5. The second-order valence-corrected chi connectivity index (χ2v) is 6.86. The van der Waals surface area contributed by atoms with Gasteiger partial charge in [0, 0.05) is 23.3 Å². The van der Waals surface area contributed by atoms with Gasteiger partial charge in [0.05, 0.1) is 11.5 Å². The number of nitro benzene ring substituents is 1. The summed E-state index contributed by atoms with van der Waals surface area (Å²) in [4.78, 5) is 10.3. The lowest BCUT2D eigenvalue weighted by Crippen LogP contribution is -1.97. The molecule has 29 heavy (non-hydrogen) atoms. The fourth-order valence-electron chi connectivity index (χ4n) is 2.95. The molecule has 0 saturated heterocycles. The van der Waals surface area contributed by atoms with E-state index in [2.05, 4.69) is 17.1 Å². The Labute approximate surface area is 169 Å². The smallest absolute Gasteiger partial charge is 0.269 e. The lowest BCUT2D eigenvalue weighted by molar-refractivity contribution is -0.384. The third-order valence-electron chi connectivity index (χ3n) is 4.62. The van der Waals surface area contributed by atoms with Crippen molar-refractivity contribution in [1.82, 2.24) is 10.2 Å². The topological polar surface area (TPSA) is 91.3 Å². The van der Waals surface area contributed by atoms with Crippen LogP contribution in [-0.2, 0) is 0 Å². The number of nitro groups is 1. The first-order valence-electron chi connectivity index (χ1n) is 9.99. The van der Waals surface area contributed by atoms with Gasteiger partial charge >= 0.3 is 0 Å². The maximum atomic E-state index is 10.7. The van der Waals surface area contributed by atoms with Crippen LogP contribution in [0.2, 0.25) is 0 Å². The molecule has 0 fully saturated rings. The van der Waals surface area contributed by atoms with Crippen LogP contribution in [0.25, 0.3) is 22.9 Å². The molecule has 0 amide bonds. The molecule has 0 atom stereocenters. The highest BCUT2D eigenvalue weighted by molar-refractivity contribution is 5.59. The van der Waals surface area contributed by atoms with Crippen LogP contribution < -0.4 is 4.74 Å². The van der Waals surface area contributed by atoms with E-state index in [9.17, 15) is 10.1 Å². The summed E-state index contributed by atoms with van der Waals surface area (Å²) < 4.78 is 11.5. The number of nitrogens with zero attached hydrogens (tertiary/aromatic N) is 3. The molecular formula is C22H25N3O4. The van der Waals surface area contributed by atoms with E-state index in [0.29, 0.717) is 17.3 Å². The summed E-state index contributed by atoms with van der Waals surface area (Å²) in [7, 11) is 0. The maximum absolute atomic E-state index is 10.7. The van der Waals surface area contributed by atoms with Gasteiger partial charge in [0.15, 0.2) is 0 Å². The number of rotatable bonds is 11. The molecule has 0 spiro atoms. The normalized spacial score (nSPS) is 10.8. The van der Waals surface area contributed by atoms with E-state index < -0.39 is 4.92 Å². The summed E-state index contributed by atoms with van der Waals surface area (Å²) in [6, 6.07) is 13.5. The molecule has 3 rings (SSSR count). The molecule has 152 valence electrons. The van der Waals surface area contributed by atoms with Gasteiger partial charge in [-0.2, -0.15) is 0 Å². The lowest BCUT2D eigenvalue weighted by atomic mass is 10.1. The van der Waals surface area contributed by atoms with E-state index >= 15 is 0 Å². The molecule has 1 heterocycles. The van der Waals surface area contributed by atoms with E-state index in [-0.39, 0.29) is 5.69 Å². The number of non-ortho nitro benzene ring substituents is 1. The van der Waals surface area contributed by atoms with E-state index in [1.807, 2.05) is 24.3 Å². The van der Waals surface area contributed by atoms with E-state index in [1.165, 1.54) is 44.2 Å². The zero-order valence-electron chi connectivity index (χ0n) is 16.5. The Bertz CT molecular complexity index is 905. The molecule has 0 saturated carbocycles. The molecule has 2 aromatic carbocycles. The molecule has 0 bridgehead atoms. The van der Waals surface area contributed by atoms with Crippen LogP contribution in [0.15, 0.2) is 52.9 Å². The highest BCUT2D eigenvalue weighted by Gasteiger charge is 2.12. The molecular weight excluding hydrogens is 370 g/mol. The van der Waals surface area contributed by atoms with Gasteiger partial charge in [-0.25, -0.2) is 0 Å². The molecule has 0 unspecified atom stereocenters. The summed E-state index contributed by atoms with van der Waals surface area (Å²) in [5.41, 5.74) is 1.44. The number of hydrogen-bond donors (Lipinski definition) is 0. The molecule has 7 heteroatoms. The highest BCUT2D eigenvalue weighted by atomic mass is 16.6. The summed E-state index contributed by atoms with van der Waals surface area (Å²) in [6.45, 7) is 2.94. The van der Waals surface area contributed by atoms with Crippen LogP contribution in [0.1, 0.15) is 45.4 Å². The minimum atomic E-state index is -0.445. The Morgan fingerprint density at radius 3 is 2.00 bits per heavy atom. The zero-order valence-corrected chi connectivity index (χ0v) is 16.5. The van der Waals surface area contributed by atoms with Gasteiger partial charge < -0.3 is 9.15 Å². The third-order valence-corrected chi connectivity index (χ3v) is 4.62. The van der Waals surface area contributed by atoms with E-state index in [0.717, 1.165) is 24.3 Å². The van der Waals surface area contributed by atoms with Gasteiger partial charge in [0.25, 0.3) is 5.69 Å². The van der Waals surface area contributed by atoms with Gasteiger partial charge in [0.1, 0.15) is 5.75 Å². The Morgan fingerprint density at radius 1 is 0.862 bits per heavy atom. The third kappa shape index (κ3) is 5.88. The van der Waals surface area contributed by atoms with Crippen molar-refractivity contribution in [3.63, 3.8) is 0 Å². The van der Waals surface area contributed by atoms with Crippen molar-refractivity contribution in [3.8, 4) is 28.7 Å². The monoisotopic (exact) mass is 395 g/mol. The van der Waals surface area contributed by atoms with E-state index in [4.69, 9.17) is 9.15 Å². The van der Waals surface area contributed by atoms with Crippen LogP contribution in [-0.4, -0.2) is 21.7 Å². The van der Waals surface area contributed by atoms with Crippen LogP contribution >= 0.6 is 0 Å². The van der Waals surface area contributed by atoms with Gasteiger partial charge in [-0.05, 0) is 42.8 Å². The van der Waals surface area contributed by atoms with Gasteiger partial charge in [-0.1, -0.05) is 39.0 Å². The molecule has 0 aliphatic carbocycles. The lowest BCUT2D eigenvalue weighted by Gasteiger charge is -2.06. The Hall–Kier alpha value is -3.22. The fourth-order valence-corrected chi connectivity index (χ4v) is 2.95. The largest absolute Gasteiger partial charge is 0.494 e. The predicted octanol–water partition coefficient (Wildman–Crippen LogP) is 6.05. The molecule has 7 nitrogen and oxygen atoms in total. The predicted molar refractivity (Wildman–Crippen MR) is 111 cm³/mol. The van der Waals surface area contributed by atoms with Crippen molar-refractivity contribution in [2.75, 3.05) is 6.61 Å². The molecule has 0 aliphatic heterocycles. The first-order chi connectivity index (χ1) is 14.2. The summed E-state index contributed by atoms with van der Waals surface area (Å²) in [6.07, 6.45) is 7.41. The minimum Gasteiger partial charge on any atom is -0.494 e. The molecule has 0 N–H and O–H groups in total. The van der Waals surface area contributed by atoms with Crippen LogP contribution in [0.5, 0.6) is 5.75 Å². The van der Waals surface area contributed by atoms with Crippen molar-refractivity contribution in [2.45, 2.75) is 45.4 Å². The number of ether oxygens (including phenoxy) is 1. The quantitative estimate of drug-likeness (QED) is 0.223. The van der Waals surface area contributed by atoms with Gasteiger partial charge in [-0.3, -0.25) is 10.1 Å². The van der Waals surface area contributed by atoms with Crippen molar-refractivity contribution >= 4 is 5.69 Å². The number of benzene rings is 2. The van der Waals surface area contributed by atoms with Gasteiger partial charge in [0.2, 0.25) is 11.8 Å². The summed E-state index contributed by atoms with van der Waals surface area (Å²) >= 11 is 0. The van der Waals surface area contributed by atoms with Crippen molar-refractivity contribution < 1.29 is 14.1 Å². The van der Waals surface area contributed by atoms with E-state index in [1.54, 1.807) is 12.1 Å².